The summed E-state index contributed by atoms with van der Waals surface area (Å²) in [6.07, 6.45) is 3.27. The number of allylic oxidation sites excluding steroid dienone is 2. The molecule has 0 spiro atoms. The first-order valence-corrected chi connectivity index (χ1v) is 9.97. The molecule has 0 amide bonds. The monoisotopic (exact) mass is 390 g/mol. The number of rotatable bonds is 5. The second-order valence-corrected chi connectivity index (χ2v) is 7.49. The van der Waals surface area contributed by atoms with E-state index < -0.39 is 0 Å². The van der Waals surface area contributed by atoms with E-state index in [2.05, 4.69) is 23.1 Å². The Labute approximate surface area is 172 Å². The third-order valence-electron chi connectivity index (χ3n) is 6.09. The molecule has 2 heterocycles. The highest BCUT2D eigenvalue weighted by Crippen LogP contribution is 2.47. The summed E-state index contributed by atoms with van der Waals surface area (Å²) in [5, 5.41) is 10.1. The fourth-order valence-electron chi connectivity index (χ4n) is 4.69. The van der Waals surface area contributed by atoms with Crippen molar-refractivity contribution >= 4 is 5.57 Å². The molecule has 0 aliphatic carbocycles. The largest absolute Gasteiger partial charge is 0.497 e. The zero-order valence-corrected chi connectivity index (χ0v) is 17.1. The Balaban J connectivity index is 1.87. The van der Waals surface area contributed by atoms with Gasteiger partial charge in [-0.3, -0.25) is 0 Å². The second-order valence-electron chi connectivity index (χ2n) is 7.49. The highest BCUT2D eigenvalue weighted by Gasteiger charge is 2.38. The smallest absolute Gasteiger partial charge is 0.161 e. The molecule has 1 saturated heterocycles. The van der Waals surface area contributed by atoms with Crippen molar-refractivity contribution in [1.82, 2.24) is 4.90 Å². The second kappa shape index (κ2) is 8.08. The van der Waals surface area contributed by atoms with Crippen molar-refractivity contribution in [2.45, 2.75) is 31.2 Å². The Hall–Kier alpha value is -3.13. The molecule has 150 valence electrons. The maximum Gasteiger partial charge on any atom is 0.161 e. The molecule has 2 aliphatic rings. The van der Waals surface area contributed by atoms with Crippen LogP contribution in [0.15, 0.2) is 48.2 Å². The summed E-state index contributed by atoms with van der Waals surface area (Å²) in [7, 11) is 4.95. The third kappa shape index (κ3) is 3.40. The van der Waals surface area contributed by atoms with Crippen LogP contribution in [0.25, 0.3) is 5.57 Å². The predicted octanol–water partition coefficient (Wildman–Crippen LogP) is 4.60. The molecule has 2 atom stereocenters. The summed E-state index contributed by atoms with van der Waals surface area (Å²) < 4.78 is 16.3. The first-order valence-electron chi connectivity index (χ1n) is 9.97. The maximum atomic E-state index is 10.1. The Morgan fingerprint density at radius 3 is 2.38 bits per heavy atom. The highest BCUT2D eigenvalue weighted by atomic mass is 16.5. The molecule has 29 heavy (non-hydrogen) atoms. The first kappa shape index (κ1) is 19.2. The maximum absolute atomic E-state index is 10.1. The lowest BCUT2D eigenvalue weighted by Crippen LogP contribution is -2.35. The molecule has 2 aliphatic heterocycles. The standard InChI is InChI=1S/C24H26N2O3/c1-27-19-9-6-16(7-10-19)20-14-18-5-4-12-26(18)21(15-25)24(20)17-8-11-22(28-2)23(13-17)29-3/h6-11,13,18,20H,4-5,12,14H2,1-3H3/t18-,20+/m0/s1. The van der Waals surface area contributed by atoms with Gasteiger partial charge in [0, 0.05) is 24.1 Å². The van der Waals surface area contributed by atoms with Crippen molar-refractivity contribution in [3.63, 3.8) is 0 Å². The summed E-state index contributed by atoms with van der Waals surface area (Å²) in [6, 6.07) is 17.1. The molecule has 0 saturated carbocycles. The Bertz CT molecular complexity index is 959. The molecular formula is C24H26N2O3. The van der Waals surface area contributed by atoms with Crippen LogP contribution < -0.4 is 14.2 Å². The Morgan fingerprint density at radius 1 is 0.966 bits per heavy atom. The molecule has 5 heteroatoms. The lowest BCUT2D eigenvalue weighted by atomic mass is 9.78. The van der Waals surface area contributed by atoms with E-state index in [1.54, 1.807) is 21.3 Å². The molecule has 0 N–H and O–H groups in total. The average molecular weight is 390 g/mol. The van der Waals surface area contributed by atoms with E-state index in [9.17, 15) is 5.26 Å². The van der Waals surface area contributed by atoms with Gasteiger partial charge in [0.1, 0.15) is 17.5 Å². The van der Waals surface area contributed by atoms with Gasteiger partial charge in [-0.1, -0.05) is 18.2 Å². The van der Waals surface area contributed by atoms with Crippen LogP contribution >= 0.6 is 0 Å². The van der Waals surface area contributed by atoms with Gasteiger partial charge in [-0.15, -0.1) is 0 Å². The predicted molar refractivity (Wildman–Crippen MR) is 112 cm³/mol. The number of ether oxygens (including phenoxy) is 3. The van der Waals surface area contributed by atoms with E-state index in [1.165, 1.54) is 5.56 Å². The number of nitrogens with zero attached hydrogens (tertiary/aromatic N) is 2. The molecule has 0 aromatic heterocycles. The van der Waals surface area contributed by atoms with Crippen LogP contribution in [0.1, 0.15) is 36.3 Å². The van der Waals surface area contributed by atoms with Gasteiger partial charge in [-0.2, -0.15) is 5.26 Å². The van der Waals surface area contributed by atoms with Crippen LogP contribution in [0.2, 0.25) is 0 Å². The number of nitriles is 1. The summed E-state index contributed by atoms with van der Waals surface area (Å²) >= 11 is 0. The van der Waals surface area contributed by atoms with Crippen molar-refractivity contribution in [2.24, 2.45) is 0 Å². The third-order valence-corrected chi connectivity index (χ3v) is 6.09. The van der Waals surface area contributed by atoms with Crippen molar-refractivity contribution in [2.75, 3.05) is 27.9 Å². The van der Waals surface area contributed by atoms with Gasteiger partial charge in [0.25, 0.3) is 0 Å². The highest BCUT2D eigenvalue weighted by molar-refractivity contribution is 5.79. The van der Waals surface area contributed by atoms with Gasteiger partial charge in [-0.25, -0.2) is 0 Å². The topological polar surface area (TPSA) is 54.7 Å². The lowest BCUT2D eigenvalue weighted by Gasteiger charge is -2.38. The van der Waals surface area contributed by atoms with Crippen LogP contribution in [0.4, 0.5) is 0 Å². The summed E-state index contributed by atoms with van der Waals surface area (Å²) in [5.41, 5.74) is 4.06. The number of hydrogen-bond acceptors (Lipinski definition) is 5. The molecule has 2 aromatic carbocycles. The molecule has 2 aromatic rings. The summed E-state index contributed by atoms with van der Waals surface area (Å²) in [4.78, 5) is 2.30. The van der Waals surface area contributed by atoms with Crippen molar-refractivity contribution < 1.29 is 14.2 Å². The molecular weight excluding hydrogens is 364 g/mol. The number of benzene rings is 2. The van der Waals surface area contributed by atoms with Crippen LogP contribution in [-0.2, 0) is 0 Å². The zero-order valence-electron chi connectivity index (χ0n) is 17.1. The van der Waals surface area contributed by atoms with Gasteiger partial charge >= 0.3 is 0 Å². The first-order chi connectivity index (χ1) is 14.2. The van der Waals surface area contributed by atoms with Crippen molar-refractivity contribution in [1.29, 1.82) is 5.26 Å². The quantitative estimate of drug-likeness (QED) is 0.747. The fraction of sp³-hybridized carbons (Fsp3) is 0.375. The zero-order chi connectivity index (χ0) is 20.4. The van der Waals surface area contributed by atoms with Crippen LogP contribution in [0.5, 0.6) is 17.2 Å². The van der Waals surface area contributed by atoms with Gasteiger partial charge in [-0.05, 0) is 54.7 Å². The van der Waals surface area contributed by atoms with Crippen molar-refractivity contribution in [3.8, 4) is 23.3 Å². The summed E-state index contributed by atoms with van der Waals surface area (Å²) in [5.74, 6) is 2.34. The average Bonchev–Trinajstić information content (AvgIpc) is 3.25. The van der Waals surface area contributed by atoms with Gasteiger partial charge < -0.3 is 19.1 Å². The van der Waals surface area contributed by atoms with E-state index in [1.807, 2.05) is 30.3 Å². The van der Waals surface area contributed by atoms with Crippen LogP contribution in [0, 0.1) is 11.3 Å². The minimum absolute atomic E-state index is 0.146. The molecule has 5 nitrogen and oxygen atoms in total. The van der Waals surface area contributed by atoms with E-state index in [0.717, 1.165) is 48.4 Å². The van der Waals surface area contributed by atoms with Crippen LogP contribution in [0.3, 0.4) is 0 Å². The van der Waals surface area contributed by atoms with Gasteiger partial charge in [0.05, 0.1) is 21.3 Å². The fourth-order valence-corrected chi connectivity index (χ4v) is 4.69. The molecule has 1 fully saturated rings. The van der Waals surface area contributed by atoms with E-state index in [-0.39, 0.29) is 5.92 Å². The number of fused-ring (bicyclic) bond motifs is 1. The number of hydrogen-bond donors (Lipinski definition) is 0. The summed E-state index contributed by atoms with van der Waals surface area (Å²) in [6.45, 7) is 0.944. The normalized spacial score (nSPS) is 20.8. The molecule has 4 rings (SSSR count). The molecule has 0 radical (unpaired) electrons. The minimum Gasteiger partial charge on any atom is -0.497 e. The lowest BCUT2D eigenvalue weighted by molar-refractivity contribution is 0.293. The Kier molecular flexibility index (Phi) is 5.35. The Morgan fingerprint density at radius 2 is 1.72 bits per heavy atom. The van der Waals surface area contributed by atoms with E-state index in [4.69, 9.17) is 14.2 Å². The van der Waals surface area contributed by atoms with Crippen molar-refractivity contribution in [3.05, 3.63) is 59.3 Å². The molecule has 0 bridgehead atoms. The number of methoxy groups -OCH3 is 3. The van der Waals surface area contributed by atoms with Crippen LogP contribution in [-0.4, -0.2) is 38.8 Å². The SMILES string of the molecule is COc1ccc([C@H]2C[C@@H]3CCCN3C(C#N)=C2c2ccc(OC)c(OC)c2)cc1. The minimum atomic E-state index is 0.146. The van der Waals surface area contributed by atoms with Gasteiger partial charge in [0.2, 0.25) is 0 Å². The molecule has 0 unspecified atom stereocenters. The van der Waals surface area contributed by atoms with Gasteiger partial charge in [0.15, 0.2) is 11.5 Å². The van der Waals surface area contributed by atoms with E-state index in [0.29, 0.717) is 17.5 Å². The van der Waals surface area contributed by atoms with E-state index >= 15 is 0 Å².